The van der Waals surface area contributed by atoms with Crippen LogP contribution in [0.3, 0.4) is 0 Å². The van der Waals surface area contributed by atoms with Gasteiger partial charge in [-0.2, -0.15) is 0 Å². The van der Waals surface area contributed by atoms with Crippen LogP contribution in [-0.2, 0) is 4.74 Å². The van der Waals surface area contributed by atoms with E-state index in [9.17, 15) is 4.79 Å². The molecule has 3 N–H and O–H groups in total. The number of carbonyl (C=O) groups is 1. The fourth-order valence-corrected chi connectivity index (χ4v) is 3.70. The van der Waals surface area contributed by atoms with Gasteiger partial charge in [0.1, 0.15) is 19.1 Å². The molecular weight excluding hydrogens is 350 g/mol. The molecule has 2 aromatic carbocycles. The van der Waals surface area contributed by atoms with Crippen molar-refractivity contribution in [2.75, 3.05) is 31.6 Å². The molecule has 2 aromatic rings. The van der Waals surface area contributed by atoms with Crippen LogP contribution >= 0.6 is 11.6 Å². The van der Waals surface area contributed by atoms with Crippen LogP contribution in [0.5, 0.6) is 0 Å². The summed E-state index contributed by atoms with van der Waals surface area (Å²) < 4.78 is 5.50. The van der Waals surface area contributed by atoms with E-state index in [1.54, 1.807) is 12.1 Å². The maximum Gasteiger partial charge on any atom is 0.319 e. The van der Waals surface area contributed by atoms with Crippen molar-refractivity contribution in [3.8, 4) is 0 Å². The van der Waals surface area contributed by atoms with E-state index in [0.29, 0.717) is 10.7 Å². The lowest BCUT2D eigenvalue weighted by molar-refractivity contribution is -0.940. The third-order valence-corrected chi connectivity index (χ3v) is 4.91. The second-order valence-electron chi connectivity index (χ2n) is 6.56. The van der Waals surface area contributed by atoms with Crippen LogP contribution < -0.4 is 15.5 Å². The molecule has 1 aliphatic rings. The summed E-state index contributed by atoms with van der Waals surface area (Å²) in [7, 11) is 0. The molecule has 1 fully saturated rings. The number of nitrogens with one attached hydrogen (secondary N) is 3. The number of urea groups is 1. The smallest absolute Gasteiger partial charge is 0.319 e. The predicted molar refractivity (Wildman–Crippen MR) is 104 cm³/mol. The second kappa shape index (κ2) is 9.03. The Balaban J connectivity index is 1.70. The number of quaternary nitrogens is 1. The number of anilines is 1. The first kappa shape index (κ1) is 18.7. The van der Waals surface area contributed by atoms with Gasteiger partial charge < -0.3 is 20.3 Å². The number of morpholine rings is 1. The van der Waals surface area contributed by atoms with Gasteiger partial charge in [0.05, 0.1) is 19.3 Å². The summed E-state index contributed by atoms with van der Waals surface area (Å²) in [5.74, 6) is 0. The molecule has 0 aliphatic carbocycles. The SMILES string of the molecule is C[C@@H](NC(=O)Nc1cccc(Cl)c1)[C@H](c1ccccc1)[NH+]1CCOCC1. The molecule has 0 unspecified atom stereocenters. The highest BCUT2D eigenvalue weighted by molar-refractivity contribution is 6.30. The molecule has 0 saturated carbocycles. The summed E-state index contributed by atoms with van der Waals surface area (Å²) in [5.41, 5.74) is 1.90. The molecule has 26 heavy (non-hydrogen) atoms. The third-order valence-electron chi connectivity index (χ3n) is 4.67. The van der Waals surface area contributed by atoms with Gasteiger partial charge in [-0.3, -0.25) is 0 Å². The Kier molecular flexibility index (Phi) is 6.50. The van der Waals surface area contributed by atoms with E-state index in [2.05, 4.69) is 29.7 Å². The molecule has 0 radical (unpaired) electrons. The first-order valence-electron chi connectivity index (χ1n) is 8.94. The lowest BCUT2D eigenvalue weighted by Crippen LogP contribution is -3.15. The molecule has 2 amide bonds. The standard InChI is InChI=1S/C20H24ClN3O2/c1-15(22-20(25)23-18-9-5-8-17(21)14-18)19(16-6-3-2-4-7-16)24-10-12-26-13-11-24/h2-9,14-15,19H,10-13H2,1H3,(H2,22,23,25)/p+1/t15-,19-/m1/s1. The van der Waals surface area contributed by atoms with Crippen molar-refractivity contribution in [1.29, 1.82) is 0 Å². The van der Waals surface area contributed by atoms with Gasteiger partial charge in [0.25, 0.3) is 0 Å². The monoisotopic (exact) mass is 374 g/mol. The molecule has 6 heteroatoms. The van der Waals surface area contributed by atoms with Crippen LogP contribution in [0.15, 0.2) is 54.6 Å². The van der Waals surface area contributed by atoms with Crippen molar-refractivity contribution >= 4 is 23.3 Å². The van der Waals surface area contributed by atoms with Crippen LogP contribution in [0.1, 0.15) is 18.5 Å². The minimum atomic E-state index is -0.228. The highest BCUT2D eigenvalue weighted by Crippen LogP contribution is 2.16. The maximum atomic E-state index is 12.5. The van der Waals surface area contributed by atoms with E-state index in [4.69, 9.17) is 16.3 Å². The summed E-state index contributed by atoms with van der Waals surface area (Å²) in [5, 5.41) is 6.54. The molecular formula is C20H25ClN3O2+. The Morgan fingerprint density at radius 1 is 1.12 bits per heavy atom. The number of ether oxygens (including phenoxy) is 1. The quantitative estimate of drug-likeness (QED) is 0.753. The first-order chi connectivity index (χ1) is 12.6. The normalized spacial score (nSPS) is 17.3. The lowest BCUT2D eigenvalue weighted by atomic mass is 9.98. The van der Waals surface area contributed by atoms with E-state index in [1.807, 2.05) is 30.3 Å². The van der Waals surface area contributed by atoms with Crippen LogP contribution in [-0.4, -0.2) is 38.4 Å². The van der Waals surface area contributed by atoms with Crippen molar-refractivity contribution in [3.63, 3.8) is 0 Å². The molecule has 1 saturated heterocycles. The summed E-state index contributed by atoms with van der Waals surface area (Å²) in [6.45, 7) is 5.42. The van der Waals surface area contributed by atoms with Crippen molar-refractivity contribution in [3.05, 3.63) is 65.2 Å². The zero-order valence-corrected chi connectivity index (χ0v) is 15.6. The van der Waals surface area contributed by atoms with Crippen LogP contribution in [0.2, 0.25) is 5.02 Å². The Hall–Kier alpha value is -2.08. The minimum Gasteiger partial charge on any atom is -0.370 e. The van der Waals surface area contributed by atoms with Gasteiger partial charge in [-0.05, 0) is 25.1 Å². The van der Waals surface area contributed by atoms with E-state index in [0.717, 1.165) is 26.3 Å². The fourth-order valence-electron chi connectivity index (χ4n) is 3.51. The van der Waals surface area contributed by atoms with Crippen molar-refractivity contribution in [1.82, 2.24) is 5.32 Å². The van der Waals surface area contributed by atoms with Crippen LogP contribution in [0, 0.1) is 0 Å². The van der Waals surface area contributed by atoms with Gasteiger partial charge in [-0.25, -0.2) is 4.79 Å². The molecule has 5 nitrogen and oxygen atoms in total. The average molecular weight is 375 g/mol. The number of rotatable bonds is 5. The van der Waals surface area contributed by atoms with Crippen LogP contribution in [0.4, 0.5) is 10.5 Å². The minimum absolute atomic E-state index is 0.0373. The van der Waals surface area contributed by atoms with E-state index >= 15 is 0 Å². The largest absolute Gasteiger partial charge is 0.370 e. The third kappa shape index (κ3) is 4.97. The molecule has 1 heterocycles. The highest BCUT2D eigenvalue weighted by atomic mass is 35.5. The zero-order valence-electron chi connectivity index (χ0n) is 14.9. The highest BCUT2D eigenvalue weighted by Gasteiger charge is 2.32. The molecule has 3 rings (SSSR count). The summed E-state index contributed by atoms with van der Waals surface area (Å²) in [6.07, 6.45) is 0. The van der Waals surface area contributed by atoms with Gasteiger partial charge in [0, 0.05) is 16.3 Å². The van der Waals surface area contributed by atoms with Gasteiger partial charge in [-0.15, -0.1) is 0 Å². The molecule has 2 atom stereocenters. The summed E-state index contributed by atoms with van der Waals surface area (Å²) >= 11 is 5.98. The number of hydrogen-bond donors (Lipinski definition) is 3. The number of benzene rings is 2. The Labute approximate surface area is 159 Å². The van der Waals surface area contributed by atoms with Gasteiger partial charge in [-0.1, -0.05) is 48.0 Å². The number of carbonyl (C=O) groups excluding carboxylic acids is 1. The first-order valence-corrected chi connectivity index (χ1v) is 9.31. The molecule has 0 aromatic heterocycles. The Bertz CT molecular complexity index is 720. The number of amides is 2. The van der Waals surface area contributed by atoms with Crippen LogP contribution in [0.25, 0.3) is 0 Å². The lowest BCUT2D eigenvalue weighted by Gasteiger charge is -2.35. The van der Waals surface area contributed by atoms with E-state index in [1.165, 1.54) is 10.5 Å². The topological polar surface area (TPSA) is 54.8 Å². The summed E-state index contributed by atoms with van der Waals surface area (Å²) in [6, 6.07) is 17.4. The predicted octanol–water partition coefficient (Wildman–Crippen LogP) is 2.51. The van der Waals surface area contributed by atoms with Crippen molar-refractivity contribution < 1.29 is 14.4 Å². The van der Waals surface area contributed by atoms with E-state index < -0.39 is 0 Å². The second-order valence-corrected chi connectivity index (χ2v) is 6.99. The Morgan fingerprint density at radius 2 is 1.85 bits per heavy atom. The number of hydrogen-bond acceptors (Lipinski definition) is 2. The van der Waals surface area contributed by atoms with E-state index in [-0.39, 0.29) is 18.1 Å². The maximum absolute atomic E-state index is 12.5. The van der Waals surface area contributed by atoms with Crippen molar-refractivity contribution in [2.24, 2.45) is 0 Å². The van der Waals surface area contributed by atoms with Crippen molar-refractivity contribution in [2.45, 2.75) is 19.0 Å². The Morgan fingerprint density at radius 3 is 2.54 bits per heavy atom. The molecule has 0 bridgehead atoms. The zero-order chi connectivity index (χ0) is 18.4. The molecule has 1 aliphatic heterocycles. The molecule has 0 spiro atoms. The van der Waals surface area contributed by atoms with Gasteiger partial charge >= 0.3 is 6.03 Å². The number of halogens is 1. The molecule has 138 valence electrons. The fraction of sp³-hybridized carbons (Fsp3) is 0.350. The average Bonchev–Trinajstić information content (AvgIpc) is 2.63. The summed E-state index contributed by atoms with van der Waals surface area (Å²) in [4.78, 5) is 13.9. The van der Waals surface area contributed by atoms with Gasteiger partial charge in [0.15, 0.2) is 0 Å². The van der Waals surface area contributed by atoms with Gasteiger partial charge in [0.2, 0.25) is 0 Å².